The van der Waals surface area contributed by atoms with Crippen molar-refractivity contribution in [3.63, 3.8) is 0 Å². The summed E-state index contributed by atoms with van der Waals surface area (Å²) >= 11 is 0. The van der Waals surface area contributed by atoms with Crippen molar-refractivity contribution >= 4 is 5.69 Å². The molecule has 0 aliphatic carbocycles. The van der Waals surface area contributed by atoms with E-state index in [4.69, 9.17) is 9.15 Å². The van der Waals surface area contributed by atoms with Gasteiger partial charge in [-0.1, -0.05) is 13.0 Å². The van der Waals surface area contributed by atoms with Crippen molar-refractivity contribution in [1.29, 1.82) is 0 Å². The van der Waals surface area contributed by atoms with Crippen molar-refractivity contribution < 1.29 is 14.1 Å². The zero-order valence-electron chi connectivity index (χ0n) is 11.8. The summed E-state index contributed by atoms with van der Waals surface area (Å²) in [4.78, 5) is 10.6. The first-order chi connectivity index (χ1) is 10.1. The topological polar surface area (TPSA) is 103 Å². The largest absolute Gasteiger partial charge is 0.477 e. The molecule has 21 heavy (non-hydrogen) atoms. The third-order valence-electron chi connectivity index (χ3n) is 2.72. The molecule has 2 rings (SSSR count). The minimum atomic E-state index is -0.468. The molecule has 112 valence electrons. The fourth-order valence-corrected chi connectivity index (χ4v) is 1.74. The van der Waals surface area contributed by atoms with E-state index in [0.717, 1.165) is 12.1 Å². The number of hydrogen-bond acceptors (Lipinski definition) is 7. The third-order valence-corrected chi connectivity index (χ3v) is 2.72. The van der Waals surface area contributed by atoms with E-state index < -0.39 is 4.92 Å². The first-order valence-electron chi connectivity index (χ1n) is 6.50. The molecule has 0 saturated heterocycles. The number of aryl methyl sites for hydroxylation is 1. The Morgan fingerprint density at radius 2 is 2.24 bits per heavy atom. The van der Waals surface area contributed by atoms with E-state index >= 15 is 0 Å². The van der Waals surface area contributed by atoms with Gasteiger partial charge in [0.2, 0.25) is 5.89 Å². The van der Waals surface area contributed by atoms with Gasteiger partial charge in [0.25, 0.3) is 5.89 Å². The van der Waals surface area contributed by atoms with E-state index in [-0.39, 0.29) is 23.9 Å². The highest BCUT2D eigenvalue weighted by Crippen LogP contribution is 2.28. The van der Waals surface area contributed by atoms with Crippen LogP contribution in [0.3, 0.4) is 0 Å². The molecule has 0 spiro atoms. The van der Waals surface area contributed by atoms with Crippen molar-refractivity contribution in [2.75, 3.05) is 6.54 Å². The zero-order chi connectivity index (χ0) is 15.2. The second kappa shape index (κ2) is 6.80. The van der Waals surface area contributed by atoms with Gasteiger partial charge < -0.3 is 14.5 Å². The highest BCUT2D eigenvalue weighted by molar-refractivity contribution is 5.48. The Morgan fingerprint density at radius 3 is 2.86 bits per heavy atom. The average molecular weight is 292 g/mol. The van der Waals surface area contributed by atoms with Crippen LogP contribution in [0.1, 0.15) is 24.3 Å². The van der Waals surface area contributed by atoms with Gasteiger partial charge in [-0.25, -0.2) is 0 Å². The van der Waals surface area contributed by atoms with E-state index in [1.165, 1.54) is 6.07 Å². The minimum Gasteiger partial charge on any atom is -0.477 e. The van der Waals surface area contributed by atoms with Crippen LogP contribution in [0, 0.1) is 17.0 Å². The van der Waals surface area contributed by atoms with Gasteiger partial charge in [-0.2, -0.15) is 0 Å². The fourth-order valence-electron chi connectivity index (χ4n) is 1.74. The van der Waals surface area contributed by atoms with Gasteiger partial charge in [0.1, 0.15) is 0 Å². The third kappa shape index (κ3) is 3.99. The van der Waals surface area contributed by atoms with E-state index in [9.17, 15) is 10.1 Å². The highest BCUT2D eigenvalue weighted by Gasteiger charge is 2.17. The smallest absolute Gasteiger partial charge is 0.311 e. The fraction of sp³-hybridized carbons (Fsp3) is 0.385. The molecule has 1 aromatic heterocycles. The minimum absolute atomic E-state index is 0.00572. The van der Waals surface area contributed by atoms with Crippen LogP contribution in [0.4, 0.5) is 5.69 Å². The molecule has 2 aromatic rings. The average Bonchev–Trinajstić information content (AvgIpc) is 2.88. The predicted octanol–water partition coefficient (Wildman–Crippen LogP) is 1.97. The van der Waals surface area contributed by atoms with Crippen LogP contribution in [0.15, 0.2) is 22.6 Å². The van der Waals surface area contributed by atoms with Gasteiger partial charge in [0.15, 0.2) is 12.4 Å². The summed E-state index contributed by atoms with van der Waals surface area (Å²) in [5.74, 6) is 0.874. The number of rotatable bonds is 7. The Labute approximate surface area is 121 Å². The second-order valence-corrected chi connectivity index (χ2v) is 4.34. The predicted molar refractivity (Wildman–Crippen MR) is 73.8 cm³/mol. The van der Waals surface area contributed by atoms with Gasteiger partial charge in [0, 0.05) is 19.5 Å². The van der Waals surface area contributed by atoms with Gasteiger partial charge in [-0.3, -0.25) is 10.1 Å². The molecule has 0 bridgehead atoms. The maximum absolute atomic E-state index is 11.1. The molecule has 0 saturated carbocycles. The number of ether oxygens (including phenoxy) is 1. The summed E-state index contributed by atoms with van der Waals surface area (Å²) in [7, 11) is 0. The maximum Gasteiger partial charge on any atom is 0.311 e. The summed E-state index contributed by atoms with van der Waals surface area (Å²) < 4.78 is 10.6. The Kier molecular flexibility index (Phi) is 4.83. The first kappa shape index (κ1) is 14.9. The molecule has 1 heterocycles. The summed E-state index contributed by atoms with van der Waals surface area (Å²) in [5, 5.41) is 21.7. The molecule has 1 N–H and O–H groups in total. The lowest BCUT2D eigenvalue weighted by molar-refractivity contribution is -0.386. The number of benzene rings is 1. The molecule has 0 aliphatic heterocycles. The summed E-state index contributed by atoms with van der Waals surface area (Å²) in [6.45, 7) is 4.99. The molecular formula is C13H16N4O4. The van der Waals surface area contributed by atoms with E-state index in [2.05, 4.69) is 15.5 Å². The Hall–Kier alpha value is -2.48. The Bertz CT molecular complexity index is 626. The number of nitrogens with one attached hydrogen (secondary N) is 1. The number of hydrogen-bond donors (Lipinski definition) is 1. The van der Waals surface area contributed by atoms with E-state index in [0.29, 0.717) is 12.4 Å². The summed E-state index contributed by atoms with van der Waals surface area (Å²) in [6, 6.07) is 4.86. The summed E-state index contributed by atoms with van der Waals surface area (Å²) in [6.07, 6.45) is 0. The van der Waals surface area contributed by atoms with Gasteiger partial charge >= 0.3 is 5.69 Å². The SMILES string of the molecule is CCNCc1ccc(OCc2nnc(C)o2)c([N+](=O)[O-])c1. The molecule has 8 nitrogen and oxygen atoms in total. The van der Waals surface area contributed by atoms with Gasteiger partial charge in [-0.05, 0) is 18.2 Å². The van der Waals surface area contributed by atoms with Gasteiger partial charge in [-0.15, -0.1) is 10.2 Å². The number of nitro benzene ring substituents is 1. The molecule has 0 radical (unpaired) electrons. The van der Waals surface area contributed by atoms with Crippen molar-refractivity contribution in [3.05, 3.63) is 45.7 Å². The molecule has 0 atom stereocenters. The Balaban J connectivity index is 2.12. The monoisotopic (exact) mass is 292 g/mol. The normalized spacial score (nSPS) is 10.6. The van der Waals surface area contributed by atoms with Crippen molar-refractivity contribution in [2.24, 2.45) is 0 Å². The standard InChI is InChI=1S/C13H16N4O4/c1-3-14-7-10-4-5-12(11(6-10)17(18)19)20-8-13-16-15-9(2)21-13/h4-6,14H,3,7-8H2,1-2H3. The van der Waals surface area contributed by atoms with Crippen molar-refractivity contribution in [1.82, 2.24) is 15.5 Å². The first-order valence-corrected chi connectivity index (χ1v) is 6.50. The lowest BCUT2D eigenvalue weighted by atomic mass is 10.2. The maximum atomic E-state index is 11.1. The molecule has 0 aliphatic rings. The summed E-state index contributed by atoms with van der Waals surface area (Å²) in [5.41, 5.74) is 0.742. The number of nitro groups is 1. The molecule has 0 fully saturated rings. The van der Waals surface area contributed by atoms with Crippen molar-refractivity contribution in [2.45, 2.75) is 27.0 Å². The second-order valence-electron chi connectivity index (χ2n) is 4.34. The van der Waals surface area contributed by atoms with E-state index in [1.54, 1.807) is 19.1 Å². The van der Waals surface area contributed by atoms with Crippen LogP contribution >= 0.6 is 0 Å². The van der Waals surface area contributed by atoms with Crippen LogP contribution in [0.25, 0.3) is 0 Å². The number of aromatic nitrogens is 2. The molecule has 0 unspecified atom stereocenters. The molecular weight excluding hydrogens is 276 g/mol. The highest BCUT2D eigenvalue weighted by atomic mass is 16.6. The number of nitrogens with zero attached hydrogens (tertiary/aromatic N) is 3. The quantitative estimate of drug-likeness (QED) is 0.614. The van der Waals surface area contributed by atoms with Gasteiger partial charge in [0.05, 0.1) is 4.92 Å². The van der Waals surface area contributed by atoms with Crippen LogP contribution < -0.4 is 10.1 Å². The van der Waals surface area contributed by atoms with E-state index in [1.807, 2.05) is 6.92 Å². The van der Waals surface area contributed by atoms with Crippen LogP contribution in [-0.2, 0) is 13.2 Å². The zero-order valence-corrected chi connectivity index (χ0v) is 11.8. The Morgan fingerprint density at radius 1 is 1.43 bits per heavy atom. The van der Waals surface area contributed by atoms with Crippen LogP contribution in [0.5, 0.6) is 5.75 Å². The van der Waals surface area contributed by atoms with Crippen molar-refractivity contribution in [3.8, 4) is 5.75 Å². The lowest BCUT2D eigenvalue weighted by Gasteiger charge is -2.07. The molecule has 0 amide bonds. The molecule has 1 aromatic carbocycles. The lowest BCUT2D eigenvalue weighted by Crippen LogP contribution is -2.12. The molecule has 8 heteroatoms. The van der Waals surface area contributed by atoms with Crippen LogP contribution in [0.2, 0.25) is 0 Å². The van der Waals surface area contributed by atoms with Crippen LogP contribution in [-0.4, -0.2) is 21.7 Å².